The Balaban J connectivity index is 2.21. The molecular weight excluding hydrogens is 441 g/mol. The Bertz CT molecular complexity index is 1450. The monoisotopic (exact) mass is 459 g/mol. The maximum Gasteiger partial charge on any atom is 0.330 e. The molecule has 0 aliphatic heterocycles. The second-order valence-corrected chi connectivity index (χ2v) is 7.82. The van der Waals surface area contributed by atoms with E-state index >= 15 is 0 Å². The van der Waals surface area contributed by atoms with Gasteiger partial charge in [0.05, 0.1) is 41.5 Å². The number of methoxy groups -OCH3 is 2. The molecule has 0 saturated heterocycles. The minimum atomic E-state index is -0.426. The summed E-state index contributed by atoms with van der Waals surface area (Å²) < 4.78 is 15.2. The topological polar surface area (TPSA) is 67.4 Å². The fraction of sp³-hybridized carbons (Fsp3) is 0.182. The maximum atomic E-state index is 13.2. The molecule has 4 aromatic rings. The van der Waals surface area contributed by atoms with Crippen molar-refractivity contribution < 1.29 is 9.47 Å². The normalized spacial score (nSPS) is 11.2. The van der Waals surface area contributed by atoms with E-state index in [9.17, 15) is 9.59 Å². The SMILES string of the molecule is COc1ccc(-n2cc3c(c2-c2ccc(Cl)cc2Cl)c(=O)n(C)c(=O)n3C)c(OC)c1. The Morgan fingerprint density at radius 2 is 1.65 bits per heavy atom. The highest BCUT2D eigenvalue weighted by Crippen LogP contribution is 2.39. The van der Waals surface area contributed by atoms with Gasteiger partial charge in [-0.2, -0.15) is 0 Å². The van der Waals surface area contributed by atoms with Gasteiger partial charge in [0.15, 0.2) is 0 Å². The zero-order valence-corrected chi connectivity index (χ0v) is 18.8. The molecule has 4 rings (SSSR count). The second-order valence-electron chi connectivity index (χ2n) is 6.98. The van der Waals surface area contributed by atoms with Crippen LogP contribution < -0.4 is 20.7 Å². The first kappa shape index (κ1) is 21.1. The van der Waals surface area contributed by atoms with Crippen LogP contribution in [-0.4, -0.2) is 27.9 Å². The quantitative estimate of drug-likeness (QED) is 0.462. The molecule has 0 aliphatic carbocycles. The van der Waals surface area contributed by atoms with E-state index in [0.29, 0.717) is 49.4 Å². The number of hydrogen-bond acceptors (Lipinski definition) is 4. The lowest BCUT2D eigenvalue weighted by Crippen LogP contribution is -2.36. The van der Waals surface area contributed by atoms with Crippen molar-refractivity contribution >= 4 is 34.1 Å². The van der Waals surface area contributed by atoms with Crippen molar-refractivity contribution in [2.45, 2.75) is 0 Å². The van der Waals surface area contributed by atoms with Crippen molar-refractivity contribution in [3.05, 3.63) is 73.5 Å². The molecule has 2 aromatic carbocycles. The molecule has 160 valence electrons. The standard InChI is InChI=1S/C22H19Cl2N3O4/c1-25-17-11-27(16-8-6-13(30-3)10-18(16)31-4)20(14-7-5-12(23)9-15(14)24)19(17)21(28)26(2)22(25)29/h5-11H,1-4H3. The molecule has 31 heavy (non-hydrogen) atoms. The van der Waals surface area contributed by atoms with E-state index in [4.69, 9.17) is 32.7 Å². The van der Waals surface area contributed by atoms with Gasteiger partial charge in [0.2, 0.25) is 0 Å². The predicted octanol–water partition coefficient (Wildman–Crippen LogP) is 4.02. The van der Waals surface area contributed by atoms with Crippen LogP contribution >= 0.6 is 23.2 Å². The molecule has 0 fully saturated rings. The number of aromatic nitrogens is 3. The number of halogens is 2. The Hall–Kier alpha value is -3.16. The average molecular weight is 460 g/mol. The Labute approximate surface area is 187 Å². The van der Waals surface area contributed by atoms with E-state index in [1.165, 1.54) is 11.6 Å². The van der Waals surface area contributed by atoms with E-state index in [1.54, 1.807) is 62.4 Å². The lowest BCUT2D eigenvalue weighted by molar-refractivity contribution is 0.393. The van der Waals surface area contributed by atoms with Crippen molar-refractivity contribution in [3.8, 4) is 28.4 Å². The molecule has 0 unspecified atom stereocenters. The van der Waals surface area contributed by atoms with Crippen LogP contribution in [-0.2, 0) is 14.1 Å². The molecule has 0 radical (unpaired) electrons. The highest BCUT2D eigenvalue weighted by molar-refractivity contribution is 6.36. The highest BCUT2D eigenvalue weighted by atomic mass is 35.5. The third kappa shape index (κ3) is 3.30. The summed E-state index contributed by atoms with van der Waals surface area (Å²) in [4.78, 5) is 25.7. The van der Waals surface area contributed by atoms with Crippen molar-refractivity contribution in [1.29, 1.82) is 0 Å². The number of fused-ring (bicyclic) bond motifs is 1. The van der Waals surface area contributed by atoms with Crippen LogP contribution in [0.15, 0.2) is 52.2 Å². The van der Waals surface area contributed by atoms with Crippen LogP contribution in [0.25, 0.3) is 27.8 Å². The van der Waals surface area contributed by atoms with Gasteiger partial charge in [0, 0.05) is 36.9 Å². The van der Waals surface area contributed by atoms with Crippen LogP contribution in [0.2, 0.25) is 10.0 Å². The number of nitrogens with zero attached hydrogens (tertiary/aromatic N) is 3. The summed E-state index contributed by atoms with van der Waals surface area (Å²) in [6.07, 6.45) is 1.72. The van der Waals surface area contributed by atoms with Crippen LogP contribution in [0.3, 0.4) is 0 Å². The van der Waals surface area contributed by atoms with Gasteiger partial charge in [-0.3, -0.25) is 13.9 Å². The lowest BCUT2D eigenvalue weighted by atomic mass is 10.1. The number of hydrogen-bond donors (Lipinski definition) is 0. The van der Waals surface area contributed by atoms with Gasteiger partial charge in [-0.05, 0) is 30.3 Å². The minimum absolute atomic E-state index is 0.353. The molecule has 0 atom stereocenters. The molecule has 0 amide bonds. The second kappa shape index (κ2) is 7.83. The summed E-state index contributed by atoms with van der Waals surface area (Å²) in [5.74, 6) is 1.14. The fourth-order valence-electron chi connectivity index (χ4n) is 3.66. The third-order valence-corrected chi connectivity index (χ3v) is 5.82. The number of aryl methyl sites for hydroxylation is 1. The average Bonchev–Trinajstić information content (AvgIpc) is 3.16. The summed E-state index contributed by atoms with van der Waals surface area (Å²) in [6, 6.07) is 10.4. The third-order valence-electron chi connectivity index (χ3n) is 5.27. The molecule has 0 bridgehead atoms. The van der Waals surface area contributed by atoms with E-state index in [2.05, 4.69) is 0 Å². The van der Waals surface area contributed by atoms with E-state index in [0.717, 1.165) is 4.57 Å². The molecule has 0 saturated carbocycles. The van der Waals surface area contributed by atoms with Gasteiger partial charge >= 0.3 is 5.69 Å². The Kier molecular flexibility index (Phi) is 5.33. The van der Waals surface area contributed by atoms with Gasteiger partial charge in [-0.25, -0.2) is 4.79 Å². The van der Waals surface area contributed by atoms with Crippen molar-refractivity contribution in [3.63, 3.8) is 0 Å². The zero-order chi connectivity index (χ0) is 22.4. The van der Waals surface area contributed by atoms with Crippen LogP contribution in [0.1, 0.15) is 0 Å². The largest absolute Gasteiger partial charge is 0.497 e. The fourth-order valence-corrected chi connectivity index (χ4v) is 4.16. The number of ether oxygens (including phenoxy) is 2. The molecule has 2 heterocycles. The van der Waals surface area contributed by atoms with Crippen LogP contribution in [0.5, 0.6) is 11.5 Å². The molecule has 9 heteroatoms. The summed E-state index contributed by atoms with van der Waals surface area (Å²) in [7, 11) is 6.18. The van der Waals surface area contributed by atoms with Crippen molar-refractivity contribution in [1.82, 2.24) is 13.7 Å². The first-order chi connectivity index (χ1) is 14.8. The minimum Gasteiger partial charge on any atom is -0.497 e. The predicted molar refractivity (Wildman–Crippen MR) is 122 cm³/mol. The first-order valence-corrected chi connectivity index (χ1v) is 10.0. The first-order valence-electron chi connectivity index (χ1n) is 9.27. The molecule has 2 aromatic heterocycles. The molecule has 0 N–H and O–H groups in total. The smallest absolute Gasteiger partial charge is 0.330 e. The Morgan fingerprint density at radius 1 is 0.903 bits per heavy atom. The van der Waals surface area contributed by atoms with E-state index in [-0.39, 0.29) is 0 Å². The number of benzene rings is 2. The summed E-state index contributed by atoms with van der Waals surface area (Å²) in [6.45, 7) is 0. The van der Waals surface area contributed by atoms with Crippen molar-refractivity contribution in [2.75, 3.05) is 14.2 Å². The summed E-state index contributed by atoms with van der Waals surface area (Å²) >= 11 is 12.6. The van der Waals surface area contributed by atoms with Crippen LogP contribution in [0.4, 0.5) is 0 Å². The van der Waals surface area contributed by atoms with Gasteiger partial charge in [-0.1, -0.05) is 23.2 Å². The molecule has 0 aliphatic rings. The summed E-state index contributed by atoms with van der Waals surface area (Å²) in [5, 5.41) is 1.20. The van der Waals surface area contributed by atoms with Gasteiger partial charge in [0.1, 0.15) is 11.5 Å². The van der Waals surface area contributed by atoms with Crippen LogP contribution in [0, 0.1) is 0 Å². The lowest BCUT2D eigenvalue weighted by Gasteiger charge is -2.15. The zero-order valence-electron chi connectivity index (χ0n) is 17.3. The summed E-state index contributed by atoms with van der Waals surface area (Å²) in [5.41, 5.74) is 1.38. The molecule has 7 nitrogen and oxygen atoms in total. The van der Waals surface area contributed by atoms with Crippen molar-refractivity contribution in [2.24, 2.45) is 14.1 Å². The highest BCUT2D eigenvalue weighted by Gasteiger charge is 2.23. The van der Waals surface area contributed by atoms with E-state index < -0.39 is 11.2 Å². The van der Waals surface area contributed by atoms with E-state index in [1.807, 2.05) is 6.07 Å². The van der Waals surface area contributed by atoms with Gasteiger partial charge in [-0.15, -0.1) is 0 Å². The molecule has 0 spiro atoms. The number of rotatable bonds is 4. The Morgan fingerprint density at radius 3 is 2.29 bits per heavy atom. The maximum absolute atomic E-state index is 13.2. The van der Waals surface area contributed by atoms with Gasteiger partial charge in [0.25, 0.3) is 5.56 Å². The molecular formula is C22H19Cl2N3O4. The van der Waals surface area contributed by atoms with Gasteiger partial charge < -0.3 is 14.0 Å².